The standard InChI is InChI=1S/C16H19FN2S/c1-11(18)16-14(17)5-2-6-15(16)19(12-7-8-12)10-13-4-3-9-20-13/h2-6,9,11-12H,7-8,10,18H2,1H3/t11-/m1/s1. The number of nitrogens with zero attached hydrogens (tertiary/aromatic N) is 1. The summed E-state index contributed by atoms with van der Waals surface area (Å²) in [5.41, 5.74) is 7.57. The van der Waals surface area contributed by atoms with Crippen LogP contribution < -0.4 is 10.6 Å². The summed E-state index contributed by atoms with van der Waals surface area (Å²) in [6, 6.07) is 9.69. The molecule has 1 aromatic carbocycles. The van der Waals surface area contributed by atoms with E-state index in [9.17, 15) is 4.39 Å². The van der Waals surface area contributed by atoms with E-state index in [2.05, 4.69) is 22.4 Å². The highest BCUT2D eigenvalue weighted by Crippen LogP contribution is 2.37. The molecule has 1 saturated carbocycles. The number of rotatable bonds is 5. The van der Waals surface area contributed by atoms with Gasteiger partial charge in [0.1, 0.15) is 5.82 Å². The summed E-state index contributed by atoms with van der Waals surface area (Å²) in [6.07, 6.45) is 2.36. The lowest BCUT2D eigenvalue weighted by Crippen LogP contribution is -2.27. The third-order valence-electron chi connectivity index (χ3n) is 3.69. The maximum Gasteiger partial charge on any atom is 0.130 e. The molecular formula is C16H19FN2S. The van der Waals surface area contributed by atoms with Gasteiger partial charge in [-0.1, -0.05) is 12.1 Å². The Morgan fingerprint density at radius 3 is 2.75 bits per heavy atom. The van der Waals surface area contributed by atoms with E-state index >= 15 is 0 Å². The van der Waals surface area contributed by atoms with Gasteiger partial charge in [-0.25, -0.2) is 4.39 Å². The van der Waals surface area contributed by atoms with Gasteiger partial charge in [-0.05, 0) is 43.3 Å². The third kappa shape index (κ3) is 2.72. The van der Waals surface area contributed by atoms with Crippen LogP contribution in [0.3, 0.4) is 0 Å². The fourth-order valence-electron chi connectivity index (χ4n) is 2.59. The van der Waals surface area contributed by atoms with Gasteiger partial charge in [-0.2, -0.15) is 0 Å². The Labute approximate surface area is 123 Å². The summed E-state index contributed by atoms with van der Waals surface area (Å²) in [6.45, 7) is 2.68. The van der Waals surface area contributed by atoms with Crippen LogP contribution >= 0.6 is 11.3 Å². The van der Waals surface area contributed by atoms with Gasteiger partial charge in [-0.3, -0.25) is 0 Å². The first-order valence-electron chi connectivity index (χ1n) is 7.00. The minimum absolute atomic E-state index is 0.200. The first kappa shape index (κ1) is 13.6. The fourth-order valence-corrected chi connectivity index (χ4v) is 3.30. The van der Waals surface area contributed by atoms with E-state index < -0.39 is 0 Å². The number of nitrogens with two attached hydrogens (primary N) is 1. The van der Waals surface area contributed by atoms with Crippen LogP contribution in [-0.4, -0.2) is 6.04 Å². The molecule has 3 rings (SSSR count). The second kappa shape index (κ2) is 5.54. The number of anilines is 1. The van der Waals surface area contributed by atoms with Crippen LogP contribution in [-0.2, 0) is 6.54 Å². The zero-order valence-corrected chi connectivity index (χ0v) is 12.4. The number of thiophene rings is 1. The molecule has 1 heterocycles. The summed E-state index contributed by atoms with van der Waals surface area (Å²) >= 11 is 1.74. The Morgan fingerprint density at radius 2 is 2.15 bits per heavy atom. The fraction of sp³-hybridized carbons (Fsp3) is 0.375. The molecule has 0 aliphatic heterocycles. The minimum atomic E-state index is -0.296. The molecule has 1 fully saturated rings. The van der Waals surface area contributed by atoms with Crippen LogP contribution in [0.1, 0.15) is 36.2 Å². The van der Waals surface area contributed by atoms with Crippen molar-refractivity contribution in [2.75, 3.05) is 4.90 Å². The van der Waals surface area contributed by atoms with Gasteiger partial charge < -0.3 is 10.6 Å². The van der Waals surface area contributed by atoms with E-state index in [4.69, 9.17) is 5.73 Å². The van der Waals surface area contributed by atoms with Crippen molar-refractivity contribution in [1.82, 2.24) is 0 Å². The van der Waals surface area contributed by atoms with E-state index in [1.165, 1.54) is 23.8 Å². The Hall–Kier alpha value is -1.39. The van der Waals surface area contributed by atoms with Crippen LogP contribution in [0.5, 0.6) is 0 Å². The van der Waals surface area contributed by atoms with Crippen LogP contribution in [0.4, 0.5) is 10.1 Å². The smallest absolute Gasteiger partial charge is 0.130 e. The van der Waals surface area contributed by atoms with Gasteiger partial charge in [-0.15, -0.1) is 11.3 Å². The van der Waals surface area contributed by atoms with Crippen LogP contribution in [0.15, 0.2) is 35.7 Å². The number of halogens is 1. The summed E-state index contributed by atoms with van der Waals surface area (Å²) in [5.74, 6) is -0.200. The molecule has 1 aromatic heterocycles. The molecule has 0 spiro atoms. The van der Waals surface area contributed by atoms with Crippen LogP contribution in [0, 0.1) is 5.82 Å². The molecule has 2 nitrogen and oxygen atoms in total. The van der Waals surface area contributed by atoms with E-state index in [-0.39, 0.29) is 11.9 Å². The molecule has 0 radical (unpaired) electrons. The maximum atomic E-state index is 14.1. The molecule has 1 aliphatic carbocycles. The highest BCUT2D eigenvalue weighted by Gasteiger charge is 2.31. The maximum absolute atomic E-state index is 14.1. The van der Waals surface area contributed by atoms with Crippen LogP contribution in [0.25, 0.3) is 0 Å². The highest BCUT2D eigenvalue weighted by molar-refractivity contribution is 7.09. The predicted octanol–water partition coefficient (Wildman–Crippen LogP) is 4.08. The number of hydrogen-bond acceptors (Lipinski definition) is 3. The van der Waals surface area contributed by atoms with Crippen molar-refractivity contribution < 1.29 is 4.39 Å². The van der Waals surface area contributed by atoms with Gasteiger partial charge in [0.05, 0.1) is 6.54 Å². The van der Waals surface area contributed by atoms with Crippen molar-refractivity contribution in [1.29, 1.82) is 0 Å². The largest absolute Gasteiger partial charge is 0.363 e. The number of benzene rings is 1. The van der Waals surface area contributed by atoms with Crippen molar-refractivity contribution in [3.63, 3.8) is 0 Å². The Morgan fingerprint density at radius 1 is 1.35 bits per heavy atom. The van der Waals surface area contributed by atoms with E-state index in [0.717, 1.165) is 12.2 Å². The van der Waals surface area contributed by atoms with Gasteiger partial charge >= 0.3 is 0 Å². The first-order chi connectivity index (χ1) is 9.66. The molecule has 0 bridgehead atoms. The third-order valence-corrected chi connectivity index (χ3v) is 4.55. The van der Waals surface area contributed by atoms with Gasteiger partial charge in [0.25, 0.3) is 0 Å². The molecule has 106 valence electrons. The predicted molar refractivity (Wildman–Crippen MR) is 82.5 cm³/mol. The molecule has 4 heteroatoms. The summed E-state index contributed by atoms with van der Waals surface area (Å²) in [4.78, 5) is 3.62. The van der Waals surface area contributed by atoms with Crippen molar-refractivity contribution in [3.8, 4) is 0 Å². The second-order valence-electron chi connectivity index (χ2n) is 5.40. The Kier molecular flexibility index (Phi) is 3.76. The molecule has 2 aromatic rings. The average molecular weight is 290 g/mol. The van der Waals surface area contributed by atoms with E-state index in [1.54, 1.807) is 17.4 Å². The van der Waals surface area contributed by atoms with Crippen molar-refractivity contribution >= 4 is 17.0 Å². The molecule has 1 atom stereocenters. The van der Waals surface area contributed by atoms with Crippen molar-refractivity contribution in [2.24, 2.45) is 5.73 Å². The average Bonchev–Trinajstić information content (AvgIpc) is 3.12. The molecule has 1 aliphatic rings. The zero-order valence-electron chi connectivity index (χ0n) is 11.6. The molecule has 2 N–H and O–H groups in total. The van der Waals surface area contributed by atoms with E-state index in [0.29, 0.717) is 11.6 Å². The first-order valence-corrected chi connectivity index (χ1v) is 7.88. The van der Waals surface area contributed by atoms with Gasteiger partial charge in [0, 0.05) is 28.2 Å². The summed E-state index contributed by atoms with van der Waals surface area (Å²) in [7, 11) is 0. The summed E-state index contributed by atoms with van der Waals surface area (Å²) in [5, 5.41) is 2.08. The lowest BCUT2D eigenvalue weighted by Gasteiger charge is -2.28. The lowest BCUT2D eigenvalue weighted by atomic mass is 10.0. The SMILES string of the molecule is C[C@@H](N)c1c(F)cccc1N(Cc1cccs1)C1CC1. The van der Waals surface area contributed by atoms with Crippen molar-refractivity contribution in [3.05, 3.63) is 52.0 Å². The number of hydrogen-bond donors (Lipinski definition) is 1. The molecular weight excluding hydrogens is 271 g/mol. The lowest BCUT2D eigenvalue weighted by molar-refractivity contribution is 0.590. The zero-order chi connectivity index (χ0) is 14.1. The normalized spacial score (nSPS) is 16.1. The molecule has 0 unspecified atom stereocenters. The van der Waals surface area contributed by atoms with Gasteiger partial charge in [0.2, 0.25) is 0 Å². The molecule has 20 heavy (non-hydrogen) atoms. The Bertz CT molecular complexity index is 576. The van der Waals surface area contributed by atoms with Gasteiger partial charge in [0.15, 0.2) is 0 Å². The second-order valence-corrected chi connectivity index (χ2v) is 6.43. The summed E-state index contributed by atoms with van der Waals surface area (Å²) < 4.78 is 14.1. The molecule has 0 saturated heterocycles. The van der Waals surface area contributed by atoms with Crippen molar-refractivity contribution in [2.45, 2.75) is 38.4 Å². The van der Waals surface area contributed by atoms with Crippen LogP contribution in [0.2, 0.25) is 0 Å². The monoisotopic (exact) mass is 290 g/mol. The highest BCUT2D eigenvalue weighted by atomic mass is 32.1. The van der Waals surface area contributed by atoms with E-state index in [1.807, 2.05) is 13.0 Å². The quantitative estimate of drug-likeness (QED) is 0.899. The molecule has 0 amide bonds. The topological polar surface area (TPSA) is 29.3 Å². The minimum Gasteiger partial charge on any atom is -0.363 e. The Balaban J connectivity index is 1.97.